The number of fused-ring (bicyclic) bond motifs is 1. The number of pyridine rings is 1. The van der Waals surface area contributed by atoms with Crippen LogP contribution in [0.3, 0.4) is 0 Å². The average molecular weight is 571 g/mol. The van der Waals surface area contributed by atoms with Gasteiger partial charge in [0.2, 0.25) is 0 Å². The number of rotatable bonds is 5. The third kappa shape index (κ3) is 5.05. The van der Waals surface area contributed by atoms with Gasteiger partial charge in [-0.3, -0.25) is 15.1 Å². The Morgan fingerprint density at radius 2 is 2.00 bits per heavy atom. The molecule has 6 nitrogen and oxygen atoms in total. The van der Waals surface area contributed by atoms with Crippen molar-refractivity contribution >= 4 is 49.9 Å². The number of carbonyl (C=O) groups is 1. The molecule has 1 aliphatic rings. The van der Waals surface area contributed by atoms with Gasteiger partial charge in [-0.1, -0.05) is 51.0 Å². The minimum absolute atomic E-state index is 0.0391. The lowest BCUT2D eigenvalue weighted by atomic mass is 9.99. The fourth-order valence-corrected chi connectivity index (χ4v) is 5.37. The Morgan fingerprint density at radius 1 is 1.20 bits per heavy atom. The molecule has 1 amide bonds. The van der Waals surface area contributed by atoms with Gasteiger partial charge < -0.3 is 9.47 Å². The number of amides is 1. The Labute approximate surface area is 220 Å². The van der Waals surface area contributed by atoms with Gasteiger partial charge in [0, 0.05) is 32.5 Å². The highest BCUT2D eigenvalue weighted by molar-refractivity contribution is 9.10. The summed E-state index contributed by atoms with van der Waals surface area (Å²) in [6.07, 6.45) is 3.13. The van der Waals surface area contributed by atoms with Crippen LogP contribution in [0.2, 0.25) is 5.02 Å². The van der Waals surface area contributed by atoms with Gasteiger partial charge in [0.1, 0.15) is 11.9 Å². The number of benzene rings is 2. The molecule has 178 valence electrons. The molecule has 1 N–H and O–H groups in total. The molecule has 0 saturated carbocycles. The molecule has 2 aromatic heterocycles. The number of aromatic nitrogens is 2. The summed E-state index contributed by atoms with van der Waals surface area (Å²) >= 11 is 11.1. The molecule has 0 radical (unpaired) electrons. The summed E-state index contributed by atoms with van der Waals surface area (Å²) in [5.41, 5.74) is 4.55. The second kappa shape index (κ2) is 9.97. The molecular formula is C26H21BrClN3O3S. The van der Waals surface area contributed by atoms with Crippen LogP contribution < -0.4 is 14.8 Å². The predicted molar refractivity (Wildman–Crippen MR) is 142 cm³/mol. The molecule has 4 aromatic rings. The van der Waals surface area contributed by atoms with Crippen molar-refractivity contribution in [1.82, 2.24) is 9.97 Å². The molecule has 5 rings (SSSR count). The van der Waals surface area contributed by atoms with E-state index in [1.807, 2.05) is 25.1 Å². The first kappa shape index (κ1) is 23.8. The lowest BCUT2D eigenvalue weighted by Crippen LogP contribution is -2.14. The lowest BCUT2D eigenvalue weighted by molar-refractivity contribution is 0.102. The maximum atomic E-state index is 13.3. The van der Waals surface area contributed by atoms with E-state index >= 15 is 0 Å². The van der Waals surface area contributed by atoms with Crippen molar-refractivity contribution in [2.75, 3.05) is 12.4 Å². The molecule has 9 heteroatoms. The van der Waals surface area contributed by atoms with Gasteiger partial charge in [-0.2, -0.15) is 0 Å². The van der Waals surface area contributed by atoms with Crippen LogP contribution in [-0.2, 0) is 6.42 Å². The second-order valence-corrected chi connectivity index (χ2v) is 10.4. The molecule has 1 atom stereocenters. The largest absolute Gasteiger partial charge is 0.496 e. The van der Waals surface area contributed by atoms with Gasteiger partial charge in [0.25, 0.3) is 5.91 Å². The molecule has 1 unspecified atom stereocenters. The van der Waals surface area contributed by atoms with Gasteiger partial charge in [-0.25, -0.2) is 4.98 Å². The SMILES string of the molecule is COc1ccc(Cl)cc1-c1cc(C)ncc1C(=O)Nc1nc2c(s1)OC(c1ccc(Br)cc1)CC2. The van der Waals surface area contributed by atoms with Gasteiger partial charge in [0.05, 0.1) is 18.4 Å². The predicted octanol–water partition coefficient (Wildman–Crippen LogP) is 7.26. The van der Waals surface area contributed by atoms with Crippen molar-refractivity contribution in [3.05, 3.63) is 86.7 Å². The first-order chi connectivity index (χ1) is 16.9. The number of methoxy groups -OCH3 is 1. The average Bonchev–Trinajstić information content (AvgIpc) is 3.25. The summed E-state index contributed by atoms with van der Waals surface area (Å²) in [6, 6.07) is 15.3. The normalized spacial score (nSPS) is 14.7. The zero-order chi connectivity index (χ0) is 24.5. The molecular weight excluding hydrogens is 550 g/mol. The zero-order valence-electron chi connectivity index (χ0n) is 19.0. The third-order valence-corrected chi connectivity index (χ3v) is 7.42. The standard InChI is InChI=1S/C26H21BrClN3O3S/c1-14-11-18(19-12-17(28)7-9-23(19)33-2)20(13-29-14)24(32)31-26-30-21-8-10-22(34-25(21)35-26)15-3-5-16(27)6-4-15/h3-7,9,11-13,22H,8,10H2,1-2H3,(H,30,31,32). The van der Waals surface area contributed by atoms with E-state index in [4.69, 9.17) is 21.1 Å². The molecule has 0 spiro atoms. The van der Waals surface area contributed by atoms with Gasteiger partial charge >= 0.3 is 0 Å². The van der Waals surface area contributed by atoms with Crippen molar-refractivity contribution in [1.29, 1.82) is 0 Å². The number of aryl methyl sites for hydroxylation is 2. The van der Waals surface area contributed by atoms with E-state index in [1.54, 1.807) is 31.5 Å². The number of carbonyl (C=O) groups excluding carboxylic acids is 1. The van der Waals surface area contributed by atoms with Gasteiger partial charge in [-0.15, -0.1) is 0 Å². The highest BCUT2D eigenvalue weighted by Crippen LogP contribution is 2.41. The molecule has 3 heterocycles. The quantitative estimate of drug-likeness (QED) is 0.273. The Hall–Kier alpha value is -2.94. The van der Waals surface area contributed by atoms with Crippen LogP contribution in [0, 0.1) is 6.92 Å². The van der Waals surface area contributed by atoms with Crippen LogP contribution in [0.1, 0.15) is 39.8 Å². The van der Waals surface area contributed by atoms with Crippen LogP contribution in [0.15, 0.2) is 59.2 Å². The Morgan fingerprint density at radius 3 is 2.77 bits per heavy atom. The summed E-state index contributed by atoms with van der Waals surface area (Å²) in [7, 11) is 1.59. The van der Waals surface area contributed by atoms with Crippen molar-refractivity contribution in [2.45, 2.75) is 25.9 Å². The van der Waals surface area contributed by atoms with Gasteiger partial charge in [-0.05, 0) is 61.7 Å². The topological polar surface area (TPSA) is 73.3 Å². The van der Waals surface area contributed by atoms with E-state index in [2.05, 4.69) is 43.3 Å². The van der Waals surface area contributed by atoms with Crippen molar-refractivity contribution in [3.63, 3.8) is 0 Å². The van der Waals surface area contributed by atoms with E-state index in [0.29, 0.717) is 27.0 Å². The van der Waals surface area contributed by atoms with E-state index in [9.17, 15) is 4.79 Å². The van der Waals surface area contributed by atoms with Crippen LogP contribution in [0.25, 0.3) is 11.1 Å². The minimum atomic E-state index is -0.315. The number of hydrogen-bond donors (Lipinski definition) is 1. The molecule has 1 aliphatic heterocycles. The first-order valence-corrected chi connectivity index (χ1v) is 12.9. The van der Waals surface area contributed by atoms with Crippen molar-refractivity contribution in [2.24, 2.45) is 0 Å². The summed E-state index contributed by atoms with van der Waals surface area (Å²) in [5.74, 6) is 0.302. The zero-order valence-corrected chi connectivity index (χ0v) is 22.1. The smallest absolute Gasteiger partial charge is 0.259 e. The second-order valence-electron chi connectivity index (χ2n) is 8.12. The molecule has 0 saturated heterocycles. The van der Waals surface area contributed by atoms with Gasteiger partial charge in [0.15, 0.2) is 10.2 Å². The van der Waals surface area contributed by atoms with E-state index in [-0.39, 0.29) is 12.0 Å². The Balaban J connectivity index is 1.40. The van der Waals surface area contributed by atoms with Crippen LogP contribution in [0.4, 0.5) is 5.13 Å². The Kier molecular flexibility index (Phi) is 6.77. The summed E-state index contributed by atoms with van der Waals surface area (Å²) in [6.45, 7) is 1.87. The van der Waals surface area contributed by atoms with Crippen molar-refractivity contribution in [3.8, 4) is 21.9 Å². The van der Waals surface area contributed by atoms with E-state index in [0.717, 1.165) is 44.9 Å². The fraction of sp³-hybridized carbons (Fsp3) is 0.192. The maximum absolute atomic E-state index is 13.3. The van der Waals surface area contributed by atoms with Crippen LogP contribution in [0.5, 0.6) is 10.8 Å². The number of thiazole rings is 1. The summed E-state index contributed by atoms with van der Waals surface area (Å²) in [5, 5.41) is 4.70. The van der Waals surface area contributed by atoms with Crippen LogP contribution in [-0.4, -0.2) is 23.0 Å². The minimum Gasteiger partial charge on any atom is -0.496 e. The number of halogens is 2. The monoisotopic (exact) mass is 569 g/mol. The summed E-state index contributed by atoms with van der Waals surface area (Å²) < 4.78 is 12.8. The molecule has 35 heavy (non-hydrogen) atoms. The number of nitrogens with one attached hydrogen (secondary N) is 1. The fourth-order valence-electron chi connectivity index (χ4n) is 4.03. The summed E-state index contributed by atoms with van der Waals surface area (Å²) in [4.78, 5) is 22.3. The molecule has 0 fully saturated rings. The number of ether oxygens (including phenoxy) is 2. The number of nitrogens with zero attached hydrogens (tertiary/aromatic N) is 2. The first-order valence-electron chi connectivity index (χ1n) is 10.9. The number of anilines is 1. The van der Waals surface area contributed by atoms with Crippen LogP contribution >= 0.6 is 38.9 Å². The molecule has 0 bridgehead atoms. The van der Waals surface area contributed by atoms with Crippen molar-refractivity contribution < 1.29 is 14.3 Å². The number of hydrogen-bond acceptors (Lipinski definition) is 6. The van der Waals surface area contributed by atoms with E-state index in [1.165, 1.54) is 11.3 Å². The van der Waals surface area contributed by atoms with E-state index < -0.39 is 0 Å². The molecule has 0 aliphatic carbocycles. The Bertz CT molecular complexity index is 1410. The maximum Gasteiger partial charge on any atom is 0.259 e. The lowest BCUT2D eigenvalue weighted by Gasteiger charge is -2.22. The highest BCUT2D eigenvalue weighted by atomic mass is 79.9. The highest BCUT2D eigenvalue weighted by Gasteiger charge is 2.26. The molecule has 2 aromatic carbocycles. The third-order valence-electron chi connectivity index (χ3n) is 5.75.